The van der Waals surface area contributed by atoms with Crippen molar-refractivity contribution in [2.24, 2.45) is 0 Å². The minimum atomic E-state index is -0.639. The minimum absolute atomic E-state index is 0.131. The molecule has 2 saturated heterocycles. The average Bonchev–Trinajstić information content (AvgIpc) is 3.66. The van der Waals surface area contributed by atoms with Crippen molar-refractivity contribution in [1.82, 2.24) is 0 Å². The number of fused-ring (bicyclic) bond motifs is 1. The van der Waals surface area contributed by atoms with Crippen molar-refractivity contribution in [1.29, 1.82) is 0 Å². The van der Waals surface area contributed by atoms with Crippen molar-refractivity contribution in [2.75, 3.05) is 13.2 Å². The van der Waals surface area contributed by atoms with Gasteiger partial charge in [-0.3, -0.25) is 0 Å². The molecule has 4 aromatic carbocycles. The summed E-state index contributed by atoms with van der Waals surface area (Å²) in [7, 11) is 0. The molecule has 240 valence electrons. The van der Waals surface area contributed by atoms with E-state index in [4.69, 9.17) is 23.7 Å². The highest BCUT2D eigenvalue weighted by molar-refractivity contribution is 5.92. The monoisotopic (exact) mass is 624 g/mol. The van der Waals surface area contributed by atoms with E-state index in [1.54, 1.807) is 24.3 Å². The Kier molecular flexibility index (Phi) is 12.2. The maximum Gasteiger partial charge on any atom is 0.343 e. The van der Waals surface area contributed by atoms with Crippen LogP contribution >= 0.6 is 0 Å². The Morgan fingerprint density at radius 2 is 0.891 bits per heavy atom. The fraction of sp³-hybridized carbons (Fsp3) is 0.289. The molecule has 0 radical (unpaired) electrons. The highest BCUT2D eigenvalue weighted by Gasteiger charge is 2.51. The van der Waals surface area contributed by atoms with Crippen LogP contribution in [-0.4, -0.2) is 55.5 Å². The van der Waals surface area contributed by atoms with Gasteiger partial charge in [0.05, 0.1) is 29.9 Å². The Hall–Kier alpha value is -4.79. The Morgan fingerprint density at radius 1 is 0.522 bits per heavy atom. The van der Waals surface area contributed by atoms with E-state index >= 15 is 0 Å². The van der Waals surface area contributed by atoms with Crippen molar-refractivity contribution in [3.05, 3.63) is 137 Å². The molecular weight excluding hydrogens is 584 g/mol. The maximum absolute atomic E-state index is 12.7. The molecule has 4 aromatic rings. The number of hydrogen-bond donors (Lipinski definition) is 0. The van der Waals surface area contributed by atoms with Gasteiger partial charge in [0.2, 0.25) is 0 Å². The quantitative estimate of drug-likeness (QED) is 0.166. The zero-order chi connectivity index (χ0) is 33.1. The highest BCUT2D eigenvalue weighted by atomic mass is 16.7. The van der Waals surface area contributed by atoms with E-state index in [-0.39, 0.29) is 13.2 Å². The summed E-state index contributed by atoms with van der Waals surface area (Å²) in [6.45, 7) is 10.2. The molecule has 2 unspecified atom stereocenters. The Labute approximate surface area is 270 Å². The third-order valence-corrected chi connectivity index (χ3v) is 7.29. The summed E-state index contributed by atoms with van der Waals surface area (Å²) in [5, 5.41) is 0. The number of carbonyl (C=O) groups excluding carboxylic acids is 3. The predicted molar refractivity (Wildman–Crippen MR) is 174 cm³/mol. The molecule has 2 aliphatic rings. The van der Waals surface area contributed by atoms with E-state index in [0.29, 0.717) is 22.4 Å². The van der Waals surface area contributed by atoms with Gasteiger partial charge in [0.25, 0.3) is 0 Å². The van der Waals surface area contributed by atoms with Crippen LogP contribution in [0, 0.1) is 20.8 Å². The molecular formula is C38H40O8. The van der Waals surface area contributed by atoms with Gasteiger partial charge in [-0.2, -0.15) is 0 Å². The second kappa shape index (κ2) is 16.5. The fourth-order valence-electron chi connectivity index (χ4n) is 4.78. The predicted octanol–water partition coefficient (Wildman–Crippen LogP) is 7.09. The molecule has 0 amide bonds. The van der Waals surface area contributed by atoms with Crippen LogP contribution < -0.4 is 4.74 Å². The van der Waals surface area contributed by atoms with Gasteiger partial charge in [-0.05, 0) is 69.3 Å². The lowest BCUT2D eigenvalue weighted by atomic mass is 10.1. The van der Waals surface area contributed by atoms with E-state index in [1.165, 1.54) is 29.8 Å². The zero-order valence-corrected chi connectivity index (χ0v) is 26.8. The molecule has 6 rings (SSSR count). The number of hydrogen-bond acceptors (Lipinski definition) is 8. The highest BCUT2D eigenvalue weighted by Crippen LogP contribution is 2.31. The molecule has 0 aliphatic carbocycles. The summed E-state index contributed by atoms with van der Waals surface area (Å²) in [6.07, 6.45) is -2.28. The van der Waals surface area contributed by atoms with Crippen molar-refractivity contribution < 1.29 is 38.1 Å². The SMILES string of the molecule is CC.Cc1ccc(C(=O)Oc2ccc(C(=O)OC3CO[C@H]4C(OC(=O)c5ccc(C)cc5)CO[C@@H]34)cc2)cc1.Cc1ccccc1. The minimum Gasteiger partial charge on any atom is -0.453 e. The first-order chi connectivity index (χ1) is 22.3. The molecule has 2 heterocycles. The number of rotatable bonds is 6. The topological polar surface area (TPSA) is 97.4 Å². The van der Waals surface area contributed by atoms with Crippen molar-refractivity contribution >= 4 is 17.9 Å². The summed E-state index contributed by atoms with van der Waals surface area (Å²) < 4.78 is 28.1. The number of benzene rings is 4. The zero-order valence-electron chi connectivity index (χ0n) is 26.8. The maximum atomic E-state index is 12.7. The van der Waals surface area contributed by atoms with Crippen LogP contribution in [0.15, 0.2) is 103 Å². The summed E-state index contributed by atoms with van der Waals surface area (Å²) in [5.74, 6) is -1.19. The first-order valence-corrected chi connectivity index (χ1v) is 15.4. The molecule has 4 atom stereocenters. The third kappa shape index (κ3) is 9.12. The molecule has 8 nitrogen and oxygen atoms in total. The summed E-state index contributed by atoms with van der Waals surface area (Å²) >= 11 is 0. The molecule has 8 heteroatoms. The smallest absolute Gasteiger partial charge is 0.343 e. The van der Waals surface area contributed by atoms with Crippen LogP contribution in [0.4, 0.5) is 0 Å². The van der Waals surface area contributed by atoms with E-state index in [0.717, 1.165) is 11.1 Å². The van der Waals surface area contributed by atoms with E-state index in [2.05, 4.69) is 19.1 Å². The fourth-order valence-corrected chi connectivity index (χ4v) is 4.78. The lowest BCUT2D eigenvalue weighted by Gasteiger charge is -2.17. The van der Waals surface area contributed by atoms with Gasteiger partial charge in [-0.25, -0.2) is 14.4 Å². The van der Waals surface area contributed by atoms with Gasteiger partial charge in [-0.1, -0.05) is 85.1 Å². The molecule has 0 saturated carbocycles. The molecule has 0 bridgehead atoms. The average molecular weight is 625 g/mol. The normalized spacial score (nSPS) is 19.3. The van der Waals surface area contributed by atoms with Crippen LogP contribution in [-0.2, 0) is 18.9 Å². The van der Waals surface area contributed by atoms with Crippen LogP contribution in [0.25, 0.3) is 0 Å². The summed E-state index contributed by atoms with van der Waals surface area (Å²) in [5.41, 5.74) is 4.58. The molecule has 0 spiro atoms. The molecule has 46 heavy (non-hydrogen) atoms. The number of esters is 3. The Bertz CT molecular complexity index is 1560. The first-order valence-electron chi connectivity index (χ1n) is 15.4. The van der Waals surface area contributed by atoms with Crippen LogP contribution in [0.3, 0.4) is 0 Å². The lowest BCUT2D eigenvalue weighted by Crippen LogP contribution is -2.36. The van der Waals surface area contributed by atoms with Crippen molar-refractivity contribution in [2.45, 2.75) is 59.0 Å². The van der Waals surface area contributed by atoms with Gasteiger partial charge in [-0.15, -0.1) is 0 Å². The number of aryl methyl sites for hydroxylation is 3. The second-order valence-corrected chi connectivity index (χ2v) is 10.8. The molecule has 2 fully saturated rings. The van der Waals surface area contributed by atoms with Gasteiger partial charge >= 0.3 is 17.9 Å². The third-order valence-electron chi connectivity index (χ3n) is 7.29. The van der Waals surface area contributed by atoms with E-state index in [1.807, 2.05) is 70.2 Å². The number of carbonyl (C=O) groups is 3. The van der Waals surface area contributed by atoms with Gasteiger partial charge in [0.1, 0.15) is 18.0 Å². The Morgan fingerprint density at radius 3 is 1.28 bits per heavy atom. The summed E-state index contributed by atoms with van der Waals surface area (Å²) in [6, 6.07) is 30.5. The van der Waals surface area contributed by atoms with Crippen molar-refractivity contribution in [3.8, 4) is 5.75 Å². The largest absolute Gasteiger partial charge is 0.453 e. The first kappa shape index (κ1) is 34.1. The van der Waals surface area contributed by atoms with Crippen LogP contribution in [0.2, 0.25) is 0 Å². The number of ether oxygens (including phenoxy) is 5. The van der Waals surface area contributed by atoms with Gasteiger partial charge < -0.3 is 23.7 Å². The molecule has 0 aromatic heterocycles. The van der Waals surface area contributed by atoms with E-state index in [9.17, 15) is 14.4 Å². The summed E-state index contributed by atoms with van der Waals surface area (Å²) in [4.78, 5) is 37.5. The van der Waals surface area contributed by atoms with Crippen LogP contribution in [0.5, 0.6) is 5.75 Å². The lowest BCUT2D eigenvalue weighted by molar-refractivity contribution is -0.0287. The standard InChI is InChI=1S/C29H26O8.C7H8.C2H6/c1-17-3-7-19(8-4-17)27(30)35-22-13-11-21(12-14-22)29(32)37-24-16-34-25-23(15-33-26(24)25)36-28(31)20-9-5-18(2)6-10-20;1-7-5-3-2-4-6-7;1-2/h3-14,23-26H,15-16H2,1-2H3;2-6H,1H3;1-2H3/t23?,24?,25-,26-;;/m0../s1. The second-order valence-electron chi connectivity index (χ2n) is 10.8. The van der Waals surface area contributed by atoms with Gasteiger partial charge in [0, 0.05) is 0 Å². The van der Waals surface area contributed by atoms with Crippen LogP contribution in [0.1, 0.15) is 61.6 Å². The van der Waals surface area contributed by atoms with E-state index < -0.39 is 42.3 Å². The van der Waals surface area contributed by atoms with Crippen molar-refractivity contribution in [3.63, 3.8) is 0 Å². The molecule has 2 aliphatic heterocycles. The van der Waals surface area contributed by atoms with Gasteiger partial charge in [0.15, 0.2) is 12.2 Å². The Balaban J connectivity index is 0.000000466. The molecule has 0 N–H and O–H groups in total.